The van der Waals surface area contributed by atoms with Crippen molar-refractivity contribution < 1.29 is 4.74 Å². The predicted octanol–water partition coefficient (Wildman–Crippen LogP) is 2.72. The molecule has 1 aliphatic heterocycles. The minimum absolute atomic E-state index is 1.10. The van der Waals surface area contributed by atoms with Crippen LogP contribution in [-0.2, 0) is 4.74 Å². The Kier molecular flexibility index (Phi) is 3.84. The third-order valence-corrected chi connectivity index (χ3v) is 3.31. The van der Waals surface area contributed by atoms with Crippen LogP contribution in [0.15, 0.2) is 23.5 Å². The first-order valence-corrected chi connectivity index (χ1v) is 6.05. The molecule has 2 aliphatic rings. The van der Waals surface area contributed by atoms with Crippen molar-refractivity contribution in [3.8, 4) is 0 Å². The Hall–Kier alpha value is -0.760. The van der Waals surface area contributed by atoms with Gasteiger partial charge in [0.1, 0.15) is 5.76 Å². The molecule has 0 radical (unpaired) electrons. The van der Waals surface area contributed by atoms with Crippen LogP contribution >= 0.6 is 0 Å². The fourth-order valence-corrected chi connectivity index (χ4v) is 2.45. The zero-order valence-corrected chi connectivity index (χ0v) is 9.67. The standard InChI is InChI=1S/C13H21NO/c1-15-13-8-4-3-7-12(13)11-14-9-5-2-6-10-14/h4,8H,2-3,5-7,9-11H2,1H3. The molecule has 0 amide bonds. The van der Waals surface area contributed by atoms with Crippen molar-refractivity contribution in [2.75, 3.05) is 26.7 Å². The van der Waals surface area contributed by atoms with Crippen LogP contribution in [0.5, 0.6) is 0 Å². The van der Waals surface area contributed by atoms with E-state index in [-0.39, 0.29) is 0 Å². The number of hydrogen-bond donors (Lipinski definition) is 0. The summed E-state index contributed by atoms with van der Waals surface area (Å²) in [5, 5.41) is 0. The number of nitrogens with zero attached hydrogens (tertiary/aromatic N) is 1. The third kappa shape index (κ3) is 2.85. The molecule has 2 heteroatoms. The summed E-state index contributed by atoms with van der Waals surface area (Å²) < 4.78 is 5.41. The van der Waals surface area contributed by atoms with Crippen molar-refractivity contribution >= 4 is 0 Å². The number of likely N-dealkylation sites (tertiary alicyclic amines) is 1. The molecule has 1 aliphatic carbocycles. The van der Waals surface area contributed by atoms with Gasteiger partial charge in [0.25, 0.3) is 0 Å². The van der Waals surface area contributed by atoms with Gasteiger partial charge in [-0.1, -0.05) is 12.5 Å². The van der Waals surface area contributed by atoms with Gasteiger partial charge in [-0.2, -0.15) is 0 Å². The Morgan fingerprint density at radius 3 is 2.80 bits per heavy atom. The van der Waals surface area contributed by atoms with E-state index in [0.29, 0.717) is 0 Å². The molecule has 1 saturated heterocycles. The molecule has 84 valence electrons. The van der Waals surface area contributed by atoms with Gasteiger partial charge in [0.2, 0.25) is 0 Å². The summed E-state index contributed by atoms with van der Waals surface area (Å²) >= 11 is 0. The Morgan fingerprint density at radius 2 is 2.07 bits per heavy atom. The molecule has 0 saturated carbocycles. The van der Waals surface area contributed by atoms with Gasteiger partial charge in [0.15, 0.2) is 0 Å². The van der Waals surface area contributed by atoms with Crippen molar-refractivity contribution in [2.45, 2.75) is 32.1 Å². The summed E-state index contributed by atoms with van der Waals surface area (Å²) in [7, 11) is 1.78. The second kappa shape index (κ2) is 5.36. The van der Waals surface area contributed by atoms with Gasteiger partial charge in [-0.05, 0) is 50.4 Å². The molecule has 0 aromatic heterocycles. The number of hydrogen-bond acceptors (Lipinski definition) is 2. The van der Waals surface area contributed by atoms with Crippen LogP contribution in [0, 0.1) is 0 Å². The highest BCUT2D eigenvalue weighted by Gasteiger charge is 2.15. The molecule has 0 aromatic rings. The van der Waals surface area contributed by atoms with Crippen molar-refractivity contribution in [1.82, 2.24) is 4.90 Å². The van der Waals surface area contributed by atoms with E-state index < -0.39 is 0 Å². The smallest absolute Gasteiger partial charge is 0.119 e. The average molecular weight is 207 g/mol. The number of methoxy groups -OCH3 is 1. The maximum absolute atomic E-state index is 5.41. The van der Waals surface area contributed by atoms with E-state index in [4.69, 9.17) is 4.74 Å². The van der Waals surface area contributed by atoms with Gasteiger partial charge in [0.05, 0.1) is 7.11 Å². The Balaban J connectivity index is 1.96. The highest BCUT2D eigenvalue weighted by atomic mass is 16.5. The highest BCUT2D eigenvalue weighted by Crippen LogP contribution is 2.21. The first-order chi connectivity index (χ1) is 7.40. The van der Waals surface area contributed by atoms with Crippen LogP contribution in [0.4, 0.5) is 0 Å². The molecule has 0 spiro atoms. The maximum atomic E-state index is 5.41. The summed E-state index contributed by atoms with van der Waals surface area (Å²) in [5.41, 5.74) is 1.49. The fraction of sp³-hybridized carbons (Fsp3) is 0.692. The van der Waals surface area contributed by atoms with E-state index in [2.05, 4.69) is 17.1 Å². The summed E-state index contributed by atoms with van der Waals surface area (Å²) in [6.07, 6.45) is 10.8. The molecule has 0 N–H and O–H groups in total. The SMILES string of the molecule is COC1=C(CN2CCCCC2)CCC=C1. The molecule has 2 rings (SSSR count). The van der Waals surface area contributed by atoms with Gasteiger partial charge in [-0.15, -0.1) is 0 Å². The van der Waals surface area contributed by atoms with Crippen LogP contribution in [0.2, 0.25) is 0 Å². The van der Waals surface area contributed by atoms with E-state index in [1.807, 2.05) is 0 Å². The fourth-order valence-electron chi connectivity index (χ4n) is 2.45. The highest BCUT2D eigenvalue weighted by molar-refractivity contribution is 5.25. The Morgan fingerprint density at radius 1 is 1.27 bits per heavy atom. The first-order valence-electron chi connectivity index (χ1n) is 6.05. The normalized spacial score (nSPS) is 23.3. The molecule has 0 bridgehead atoms. The average Bonchev–Trinajstić information content (AvgIpc) is 2.31. The van der Waals surface area contributed by atoms with Crippen molar-refractivity contribution in [2.24, 2.45) is 0 Å². The van der Waals surface area contributed by atoms with E-state index in [1.54, 1.807) is 7.11 Å². The molecule has 0 unspecified atom stereocenters. The number of piperidine rings is 1. The van der Waals surface area contributed by atoms with Gasteiger partial charge < -0.3 is 4.74 Å². The lowest BCUT2D eigenvalue weighted by molar-refractivity contribution is 0.234. The third-order valence-electron chi connectivity index (χ3n) is 3.31. The lowest BCUT2D eigenvalue weighted by atomic mass is 10.0. The quantitative estimate of drug-likeness (QED) is 0.705. The van der Waals surface area contributed by atoms with Gasteiger partial charge in [-0.25, -0.2) is 0 Å². The van der Waals surface area contributed by atoms with Crippen molar-refractivity contribution in [3.63, 3.8) is 0 Å². The molecule has 15 heavy (non-hydrogen) atoms. The summed E-state index contributed by atoms with van der Waals surface area (Å²) in [6.45, 7) is 3.65. The molecule has 0 aromatic carbocycles. The van der Waals surface area contributed by atoms with Crippen LogP contribution in [0.25, 0.3) is 0 Å². The second-order valence-electron chi connectivity index (χ2n) is 4.45. The minimum Gasteiger partial charge on any atom is -0.497 e. The number of rotatable bonds is 3. The molecule has 2 nitrogen and oxygen atoms in total. The summed E-state index contributed by atoms with van der Waals surface area (Å²) in [5.74, 6) is 1.10. The largest absolute Gasteiger partial charge is 0.497 e. The lowest BCUT2D eigenvalue weighted by Crippen LogP contribution is -2.32. The second-order valence-corrected chi connectivity index (χ2v) is 4.45. The molecule has 0 atom stereocenters. The van der Waals surface area contributed by atoms with Crippen molar-refractivity contribution in [3.05, 3.63) is 23.5 Å². The van der Waals surface area contributed by atoms with E-state index in [9.17, 15) is 0 Å². The zero-order valence-electron chi connectivity index (χ0n) is 9.67. The van der Waals surface area contributed by atoms with Crippen LogP contribution < -0.4 is 0 Å². The van der Waals surface area contributed by atoms with Gasteiger partial charge in [0, 0.05) is 6.54 Å². The summed E-state index contributed by atoms with van der Waals surface area (Å²) in [4.78, 5) is 2.57. The lowest BCUT2D eigenvalue weighted by Gasteiger charge is -2.28. The van der Waals surface area contributed by atoms with Crippen LogP contribution in [0.1, 0.15) is 32.1 Å². The molecular weight excluding hydrogens is 186 g/mol. The monoisotopic (exact) mass is 207 g/mol. The van der Waals surface area contributed by atoms with Gasteiger partial charge in [-0.3, -0.25) is 4.90 Å². The number of ether oxygens (including phenoxy) is 1. The topological polar surface area (TPSA) is 12.5 Å². The summed E-state index contributed by atoms with van der Waals surface area (Å²) in [6, 6.07) is 0. The van der Waals surface area contributed by atoms with Gasteiger partial charge >= 0.3 is 0 Å². The minimum atomic E-state index is 1.10. The van der Waals surface area contributed by atoms with E-state index in [1.165, 1.54) is 50.8 Å². The maximum Gasteiger partial charge on any atom is 0.119 e. The molecule has 1 heterocycles. The van der Waals surface area contributed by atoms with E-state index >= 15 is 0 Å². The molecule has 1 fully saturated rings. The van der Waals surface area contributed by atoms with Crippen molar-refractivity contribution in [1.29, 1.82) is 0 Å². The predicted molar refractivity (Wildman–Crippen MR) is 62.7 cm³/mol. The van der Waals surface area contributed by atoms with E-state index in [0.717, 1.165) is 12.3 Å². The van der Waals surface area contributed by atoms with Crippen LogP contribution in [0.3, 0.4) is 0 Å². The first kappa shape index (κ1) is 10.7. The Bertz CT molecular complexity index is 262. The zero-order chi connectivity index (χ0) is 10.5. The molecular formula is C13H21NO. The number of allylic oxidation sites excluding steroid dienone is 2. The Labute approximate surface area is 92.6 Å². The van der Waals surface area contributed by atoms with Crippen LogP contribution in [-0.4, -0.2) is 31.6 Å².